The molecule has 2 fully saturated rings. The Morgan fingerprint density at radius 3 is 2.44 bits per heavy atom. The highest BCUT2D eigenvalue weighted by molar-refractivity contribution is 9.10. The van der Waals surface area contributed by atoms with Crippen molar-refractivity contribution in [3.63, 3.8) is 0 Å². The number of anilines is 1. The van der Waals surface area contributed by atoms with E-state index in [0.29, 0.717) is 45.0 Å². The van der Waals surface area contributed by atoms with Crippen LogP contribution in [0.3, 0.4) is 0 Å². The molecule has 4 rings (SSSR count). The zero-order chi connectivity index (χ0) is 22.9. The van der Waals surface area contributed by atoms with Gasteiger partial charge in [0.05, 0.1) is 11.5 Å². The van der Waals surface area contributed by atoms with Gasteiger partial charge in [-0.25, -0.2) is 0 Å². The highest BCUT2D eigenvalue weighted by Crippen LogP contribution is 2.32. The van der Waals surface area contributed by atoms with E-state index in [0.717, 1.165) is 22.2 Å². The summed E-state index contributed by atoms with van der Waals surface area (Å²) in [5, 5.41) is 0. The summed E-state index contributed by atoms with van der Waals surface area (Å²) >= 11 is 3.43. The number of piperazine rings is 1. The molecule has 0 bridgehead atoms. The van der Waals surface area contributed by atoms with Crippen LogP contribution in [0.2, 0.25) is 0 Å². The minimum Gasteiger partial charge on any atom is -0.368 e. The maximum Gasteiger partial charge on any atom is 0.416 e. The molecule has 0 saturated carbocycles. The average molecular weight is 510 g/mol. The molecule has 0 N–H and O–H groups in total. The average Bonchev–Trinajstić information content (AvgIpc) is 3.13. The number of nitrogens with zero attached hydrogens (tertiary/aromatic N) is 3. The molecule has 32 heavy (non-hydrogen) atoms. The number of likely N-dealkylation sites (tertiary alicyclic amines) is 1. The third kappa shape index (κ3) is 5.09. The van der Waals surface area contributed by atoms with Crippen molar-refractivity contribution in [2.75, 3.05) is 37.6 Å². The van der Waals surface area contributed by atoms with E-state index in [1.807, 2.05) is 29.2 Å². The van der Waals surface area contributed by atoms with Gasteiger partial charge in [0.15, 0.2) is 0 Å². The van der Waals surface area contributed by atoms with Gasteiger partial charge in [0.1, 0.15) is 0 Å². The van der Waals surface area contributed by atoms with Crippen molar-refractivity contribution in [2.45, 2.75) is 19.1 Å². The summed E-state index contributed by atoms with van der Waals surface area (Å²) in [7, 11) is 0. The van der Waals surface area contributed by atoms with Crippen LogP contribution in [0, 0.1) is 5.92 Å². The number of hydrogen-bond donors (Lipinski definition) is 0. The van der Waals surface area contributed by atoms with Crippen LogP contribution >= 0.6 is 15.9 Å². The highest BCUT2D eigenvalue weighted by atomic mass is 79.9. The number of benzene rings is 2. The zero-order valence-corrected chi connectivity index (χ0v) is 18.9. The number of alkyl halides is 3. The predicted octanol–water partition coefficient (Wildman–Crippen LogP) is 4.17. The lowest BCUT2D eigenvalue weighted by Gasteiger charge is -2.37. The molecule has 5 nitrogen and oxygen atoms in total. The molecule has 2 aliphatic heterocycles. The number of halogens is 4. The quantitative estimate of drug-likeness (QED) is 0.621. The third-order valence-electron chi connectivity index (χ3n) is 5.96. The standard InChI is InChI=1S/C23H23BrF3N3O2/c24-19-5-1-3-16(11-19)14-30-15-17(12-21(30)31)22(32)29-9-7-28(8-10-29)20-6-2-4-18(13-20)23(25,26)27/h1-6,11,13,17H,7-10,12,14-15H2/t17-/m0/s1. The molecule has 2 aromatic rings. The Kier molecular flexibility index (Phi) is 6.46. The number of hydrogen-bond acceptors (Lipinski definition) is 3. The Bertz CT molecular complexity index is 1010. The van der Waals surface area contributed by atoms with E-state index < -0.39 is 11.7 Å². The fraction of sp³-hybridized carbons (Fsp3) is 0.391. The van der Waals surface area contributed by atoms with Gasteiger partial charge in [0.25, 0.3) is 0 Å². The Labute approximate surface area is 192 Å². The molecule has 0 unspecified atom stereocenters. The lowest BCUT2D eigenvalue weighted by atomic mass is 10.1. The van der Waals surface area contributed by atoms with Crippen LogP contribution < -0.4 is 4.90 Å². The summed E-state index contributed by atoms with van der Waals surface area (Å²) < 4.78 is 39.9. The summed E-state index contributed by atoms with van der Waals surface area (Å²) in [4.78, 5) is 30.8. The van der Waals surface area contributed by atoms with Crippen molar-refractivity contribution >= 4 is 33.4 Å². The molecule has 170 valence electrons. The minimum absolute atomic E-state index is 0.0362. The van der Waals surface area contributed by atoms with Gasteiger partial charge in [0.2, 0.25) is 11.8 Å². The number of rotatable bonds is 4. The van der Waals surface area contributed by atoms with Gasteiger partial charge in [0, 0.05) is 55.8 Å². The normalized spacial score (nSPS) is 19.6. The second-order valence-electron chi connectivity index (χ2n) is 8.17. The van der Waals surface area contributed by atoms with Gasteiger partial charge in [-0.2, -0.15) is 13.2 Å². The van der Waals surface area contributed by atoms with E-state index >= 15 is 0 Å². The van der Waals surface area contributed by atoms with E-state index in [9.17, 15) is 22.8 Å². The first-order valence-corrected chi connectivity index (χ1v) is 11.2. The van der Waals surface area contributed by atoms with Crippen molar-refractivity contribution in [1.29, 1.82) is 0 Å². The van der Waals surface area contributed by atoms with Crippen molar-refractivity contribution in [2.24, 2.45) is 5.92 Å². The van der Waals surface area contributed by atoms with Crippen LogP contribution in [-0.2, 0) is 22.3 Å². The number of carbonyl (C=O) groups excluding carboxylic acids is 2. The van der Waals surface area contributed by atoms with E-state index in [4.69, 9.17) is 0 Å². The van der Waals surface area contributed by atoms with Gasteiger partial charge >= 0.3 is 6.18 Å². The molecule has 0 spiro atoms. The maximum atomic E-state index is 13.0. The number of carbonyl (C=O) groups is 2. The van der Waals surface area contributed by atoms with Gasteiger partial charge in [-0.3, -0.25) is 9.59 Å². The third-order valence-corrected chi connectivity index (χ3v) is 6.45. The molecule has 2 saturated heterocycles. The molecule has 2 heterocycles. The second-order valence-corrected chi connectivity index (χ2v) is 9.08. The van der Waals surface area contributed by atoms with Crippen LogP contribution in [-0.4, -0.2) is 54.3 Å². The Morgan fingerprint density at radius 1 is 1.03 bits per heavy atom. The van der Waals surface area contributed by atoms with Crippen molar-refractivity contribution in [3.8, 4) is 0 Å². The topological polar surface area (TPSA) is 43.9 Å². The molecule has 0 aromatic heterocycles. The minimum atomic E-state index is -4.38. The van der Waals surface area contributed by atoms with Crippen LogP contribution in [0.15, 0.2) is 53.0 Å². The first-order chi connectivity index (χ1) is 15.2. The number of amides is 2. The van der Waals surface area contributed by atoms with E-state index in [1.54, 1.807) is 15.9 Å². The molecule has 0 aliphatic carbocycles. The second kappa shape index (κ2) is 9.13. The van der Waals surface area contributed by atoms with Crippen LogP contribution in [0.1, 0.15) is 17.5 Å². The molecular weight excluding hydrogens is 487 g/mol. The lowest BCUT2D eigenvalue weighted by Crippen LogP contribution is -2.50. The monoisotopic (exact) mass is 509 g/mol. The summed E-state index contributed by atoms with van der Waals surface area (Å²) in [6, 6.07) is 13.0. The Balaban J connectivity index is 1.33. The fourth-order valence-corrected chi connectivity index (χ4v) is 4.71. The smallest absolute Gasteiger partial charge is 0.368 e. The van der Waals surface area contributed by atoms with Crippen LogP contribution in [0.5, 0.6) is 0 Å². The van der Waals surface area contributed by atoms with Crippen molar-refractivity contribution < 1.29 is 22.8 Å². The first-order valence-electron chi connectivity index (χ1n) is 10.4. The van der Waals surface area contributed by atoms with E-state index in [1.165, 1.54) is 6.07 Å². The molecule has 9 heteroatoms. The Morgan fingerprint density at radius 2 is 1.75 bits per heavy atom. The molecule has 2 amide bonds. The molecule has 2 aromatic carbocycles. The summed E-state index contributed by atoms with van der Waals surface area (Å²) in [5.41, 5.74) is 0.821. The lowest BCUT2D eigenvalue weighted by molar-refractivity contribution is -0.137. The van der Waals surface area contributed by atoms with E-state index in [2.05, 4.69) is 15.9 Å². The van der Waals surface area contributed by atoms with E-state index in [-0.39, 0.29) is 24.2 Å². The van der Waals surface area contributed by atoms with Gasteiger partial charge in [-0.1, -0.05) is 34.1 Å². The fourth-order valence-electron chi connectivity index (χ4n) is 4.27. The summed E-state index contributed by atoms with van der Waals surface area (Å²) in [5.74, 6) is -0.473. The van der Waals surface area contributed by atoms with Crippen molar-refractivity contribution in [3.05, 3.63) is 64.1 Å². The van der Waals surface area contributed by atoms with Gasteiger partial charge in [-0.15, -0.1) is 0 Å². The summed E-state index contributed by atoms with van der Waals surface area (Å²) in [6.07, 6.45) is -4.19. The summed E-state index contributed by atoms with van der Waals surface area (Å²) in [6.45, 7) is 2.60. The molecular formula is C23H23BrF3N3O2. The van der Waals surface area contributed by atoms with Gasteiger partial charge in [-0.05, 0) is 35.9 Å². The predicted molar refractivity (Wildman–Crippen MR) is 118 cm³/mol. The molecule has 1 atom stereocenters. The van der Waals surface area contributed by atoms with Crippen LogP contribution in [0.25, 0.3) is 0 Å². The van der Waals surface area contributed by atoms with Crippen LogP contribution in [0.4, 0.5) is 18.9 Å². The maximum absolute atomic E-state index is 13.0. The van der Waals surface area contributed by atoms with Gasteiger partial charge < -0.3 is 14.7 Å². The SMILES string of the molecule is O=C1C[C@H](C(=O)N2CCN(c3cccc(C(F)(F)F)c3)CC2)CN1Cc1cccc(Br)c1. The first kappa shape index (κ1) is 22.6. The molecule has 2 aliphatic rings. The zero-order valence-electron chi connectivity index (χ0n) is 17.3. The largest absolute Gasteiger partial charge is 0.416 e. The van der Waals surface area contributed by atoms with Crippen molar-refractivity contribution in [1.82, 2.24) is 9.80 Å². The molecule has 0 radical (unpaired) electrons. The highest BCUT2D eigenvalue weighted by Gasteiger charge is 2.37. The Hall–Kier alpha value is -2.55.